The minimum atomic E-state index is -1.70. The van der Waals surface area contributed by atoms with Gasteiger partial charge in [0.25, 0.3) is 16.6 Å². The summed E-state index contributed by atoms with van der Waals surface area (Å²) >= 11 is 0. The average molecular weight is 366 g/mol. The van der Waals surface area contributed by atoms with Crippen molar-refractivity contribution >= 4 is 39.1 Å². The third-order valence-electron chi connectivity index (χ3n) is 2.04. The Morgan fingerprint density at radius 1 is 0.714 bits per heavy atom. The van der Waals surface area contributed by atoms with E-state index in [1.54, 1.807) is 0 Å². The molecule has 0 rings (SSSR count). The first-order valence-corrected chi connectivity index (χ1v) is 21.5. The summed E-state index contributed by atoms with van der Waals surface area (Å²) in [6.45, 7) is 27.1. The lowest BCUT2D eigenvalue weighted by Gasteiger charge is -2.31. The molecule has 0 aliphatic carbocycles. The smallest absolute Gasteiger partial charge is 0.438 e. The third kappa shape index (κ3) is 10.3. The van der Waals surface area contributed by atoms with Crippen LogP contribution in [-0.4, -0.2) is 43.5 Å². The lowest BCUT2D eigenvalue weighted by atomic mass is 11.2. The highest BCUT2D eigenvalue weighted by Crippen LogP contribution is 2.14. The lowest BCUT2D eigenvalue weighted by molar-refractivity contribution is -0.665. The molecule has 0 aliphatic rings. The van der Waals surface area contributed by atoms with Gasteiger partial charge in [0.15, 0.2) is 0 Å². The van der Waals surface area contributed by atoms with Crippen molar-refractivity contribution in [2.24, 2.45) is 0 Å². The molecular formula is C13H37N2O2Si4+. The molecule has 0 spiro atoms. The van der Waals surface area contributed by atoms with Gasteiger partial charge in [-0.1, -0.05) is 0 Å². The molecule has 0 amide bonds. The fraction of sp³-hybridized carbons (Fsp3) is 0.923. The zero-order valence-electron chi connectivity index (χ0n) is 16.3. The number of hydrogen-bond acceptors (Lipinski definition) is 2. The second-order valence-corrected chi connectivity index (χ2v) is 27.9. The number of hydrogen-bond donors (Lipinski definition) is 1. The van der Waals surface area contributed by atoms with Crippen LogP contribution in [0.4, 0.5) is 0 Å². The van der Waals surface area contributed by atoms with Gasteiger partial charge in [-0.3, -0.25) is 4.98 Å². The van der Waals surface area contributed by atoms with Crippen LogP contribution in [0.3, 0.4) is 0 Å². The Hall–Kier alpha value is -0.0625. The molecule has 126 valence electrons. The van der Waals surface area contributed by atoms with E-state index in [-0.39, 0.29) is 0 Å². The number of amidine groups is 1. The monoisotopic (exact) mass is 365 g/mol. The fourth-order valence-electron chi connectivity index (χ4n) is 1.49. The molecule has 0 heterocycles. The van der Waals surface area contributed by atoms with E-state index in [0.717, 1.165) is 6.02 Å². The van der Waals surface area contributed by atoms with Crippen molar-refractivity contribution in [2.45, 2.75) is 78.6 Å². The summed E-state index contributed by atoms with van der Waals surface area (Å²) in [5.74, 6) is 0. The largest absolute Gasteiger partial charge is 0.487 e. The third-order valence-corrected chi connectivity index (χ3v) is 6.24. The van der Waals surface area contributed by atoms with Crippen molar-refractivity contribution in [3.8, 4) is 0 Å². The highest BCUT2D eigenvalue weighted by atomic mass is 28.4. The topological polar surface area (TPSA) is 33.5 Å². The van der Waals surface area contributed by atoms with Crippen LogP contribution < -0.4 is 4.98 Å². The van der Waals surface area contributed by atoms with Crippen molar-refractivity contribution in [1.29, 1.82) is 0 Å². The molecule has 0 radical (unpaired) electrons. The number of nitrogens with zero attached hydrogens (tertiary/aromatic N) is 1. The van der Waals surface area contributed by atoms with E-state index in [0.29, 0.717) is 0 Å². The Labute approximate surface area is 136 Å². The Kier molecular flexibility index (Phi) is 6.57. The Morgan fingerprint density at radius 2 is 1.14 bits per heavy atom. The molecule has 0 aliphatic heterocycles. The van der Waals surface area contributed by atoms with Crippen molar-refractivity contribution in [3.63, 3.8) is 0 Å². The van der Waals surface area contributed by atoms with Gasteiger partial charge in [-0.05, 0) is 78.6 Å². The summed E-state index contributed by atoms with van der Waals surface area (Å²) < 4.78 is 14.9. The van der Waals surface area contributed by atoms with E-state index < -0.39 is 33.1 Å². The van der Waals surface area contributed by atoms with Crippen LogP contribution in [0.2, 0.25) is 78.6 Å². The van der Waals surface area contributed by atoms with Gasteiger partial charge in [0.05, 0.1) is 0 Å². The molecule has 4 nitrogen and oxygen atoms in total. The van der Waals surface area contributed by atoms with E-state index in [4.69, 9.17) is 8.95 Å². The van der Waals surface area contributed by atoms with Crippen LogP contribution in [-0.2, 0) is 8.95 Å². The summed E-state index contributed by atoms with van der Waals surface area (Å²) in [6.07, 6.45) is 0. The first kappa shape index (κ1) is 20.9. The molecule has 0 saturated heterocycles. The Bertz CT molecular complexity index is 367. The highest BCUT2D eigenvalue weighted by Gasteiger charge is 2.40. The molecule has 0 aromatic rings. The van der Waals surface area contributed by atoms with Crippen molar-refractivity contribution in [2.75, 3.05) is 0 Å². The second-order valence-electron chi connectivity index (χ2n) is 9.56. The Balaban J connectivity index is 5.89. The van der Waals surface area contributed by atoms with Crippen LogP contribution in [0.25, 0.3) is 0 Å². The molecule has 0 unspecified atom stereocenters. The predicted molar refractivity (Wildman–Crippen MR) is 104 cm³/mol. The summed E-state index contributed by atoms with van der Waals surface area (Å²) in [7, 11) is -6.60. The van der Waals surface area contributed by atoms with Crippen LogP contribution in [0.5, 0.6) is 0 Å². The standard InChI is InChI=1S/C13H36N2O2Si4/c1-18(2,3)14-13(16-20(7,8)9)15(19(4,5)6)17-21(10,11)12/h1-12H3/p+1. The molecule has 0 atom stereocenters. The van der Waals surface area contributed by atoms with E-state index in [2.05, 4.69) is 88.0 Å². The number of nitrogens with one attached hydrogen (secondary N) is 1. The minimum Gasteiger partial charge on any atom is -0.487 e. The van der Waals surface area contributed by atoms with Crippen LogP contribution in [0, 0.1) is 0 Å². The average Bonchev–Trinajstić information content (AvgIpc) is 2.04. The van der Waals surface area contributed by atoms with Gasteiger partial charge in [0.1, 0.15) is 0 Å². The Morgan fingerprint density at radius 3 is 1.38 bits per heavy atom. The molecule has 0 fully saturated rings. The summed E-state index contributed by atoms with van der Waals surface area (Å²) in [6, 6.07) is 0.870. The predicted octanol–water partition coefficient (Wildman–Crippen LogP) is 4.23. The molecule has 0 aromatic heterocycles. The van der Waals surface area contributed by atoms with Crippen molar-refractivity contribution < 1.29 is 13.4 Å². The number of rotatable bonds is 5. The summed E-state index contributed by atoms with van der Waals surface area (Å²) in [5.41, 5.74) is 0. The molecule has 21 heavy (non-hydrogen) atoms. The lowest BCUT2D eigenvalue weighted by Crippen LogP contribution is -2.58. The normalized spacial score (nSPS) is 15.4. The van der Waals surface area contributed by atoms with Gasteiger partial charge in [0.2, 0.25) is 0 Å². The first-order chi connectivity index (χ1) is 8.91. The zero-order valence-corrected chi connectivity index (χ0v) is 20.3. The molecule has 0 saturated carbocycles. The van der Waals surface area contributed by atoms with Gasteiger partial charge >= 0.3 is 22.6 Å². The van der Waals surface area contributed by atoms with Gasteiger partial charge in [-0.2, -0.15) is 0 Å². The maximum absolute atomic E-state index is 6.41. The maximum Gasteiger partial charge on any atom is 0.438 e. The van der Waals surface area contributed by atoms with E-state index in [1.165, 1.54) is 0 Å². The van der Waals surface area contributed by atoms with Crippen LogP contribution in [0.15, 0.2) is 0 Å². The maximum atomic E-state index is 6.41. The van der Waals surface area contributed by atoms with E-state index in [9.17, 15) is 0 Å². The van der Waals surface area contributed by atoms with Crippen LogP contribution in [0.1, 0.15) is 0 Å². The summed E-state index contributed by atoms with van der Waals surface area (Å²) in [4.78, 5) is 3.67. The van der Waals surface area contributed by atoms with Crippen molar-refractivity contribution in [3.05, 3.63) is 0 Å². The fourth-order valence-corrected chi connectivity index (χ4v) is 6.56. The van der Waals surface area contributed by atoms with Gasteiger partial charge in [-0.25, -0.2) is 0 Å². The quantitative estimate of drug-likeness (QED) is 0.342. The van der Waals surface area contributed by atoms with Gasteiger partial charge in [-0.15, -0.1) is 4.40 Å². The minimum absolute atomic E-state index is 0.870. The van der Waals surface area contributed by atoms with Crippen molar-refractivity contribution in [1.82, 2.24) is 4.98 Å². The summed E-state index contributed by atoms with van der Waals surface area (Å²) in [5, 5.41) is 0. The first-order valence-electron chi connectivity index (χ1n) is 7.74. The van der Waals surface area contributed by atoms with Crippen LogP contribution >= 0.6 is 0 Å². The molecule has 8 heteroatoms. The van der Waals surface area contributed by atoms with E-state index >= 15 is 0 Å². The zero-order chi connectivity index (χ0) is 17.3. The molecular weight excluding hydrogens is 328 g/mol. The highest BCUT2D eigenvalue weighted by molar-refractivity contribution is 6.77. The molecule has 0 bridgehead atoms. The van der Waals surface area contributed by atoms with Gasteiger partial charge < -0.3 is 8.95 Å². The van der Waals surface area contributed by atoms with Gasteiger partial charge in [0, 0.05) is 0 Å². The SMILES string of the molecule is C[Si](C)(C)N/C(O[Si](C)(C)C)=[N+](/O[Si](C)(C)C)[Si](C)(C)C. The molecule has 1 N–H and O–H groups in total. The molecule has 0 aromatic carbocycles. The van der Waals surface area contributed by atoms with E-state index in [1.807, 2.05) is 0 Å². The second kappa shape index (κ2) is 6.59.